The number of hydrogen-bond acceptors (Lipinski definition) is 2. The summed E-state index contributed by atoms with van der Waals surface area (Å²) in [4.78, 5) is 12.9. The summed E-state index contributed by atoms with van der Waals surface area (Å²) in [5, 5.41) is 8.62. The van der Waals surface area contributed by atoms with E-state index in [-0.39, 0.29) is 0 Å². The molecule has 2 aliphatic rings. The molecule has 0 aromatic carbocycles. The molecule has 3 heteroatoms. The molecule has 0 aromatic rings. The zero-order chi connectivity index (χ0) is 8.55. The Hall–Kier alpha value is -0.570. The van der Waals surface area contributed by atoms with E-state index in [2.05, 4.69) is 4.90 Å². The molecule has 2 atom stereocenters. The van der Waals surface area contributed by atoms with E-state index < -0.39 is 5.97 Å². The second-order valence-corrected chi connectivity index (χ2v) is 3.99. The van der Waals surface area contributed by atoms with Crippen LogP contribution in [0.3, 0.4) is 0 Å². The fourth-order valence-electron chi connectivity index (χ4n) is 2.59. The van der Waals surface area contributed by atoms with Gasteiger partial charge in [0, 0.05) is 19.0 Å². The third-order valence-electron chi connectivity index (χ3n) is 3.06. The van der Waals surface area contributed by atoms with Crippen molar-refractivity contribution in [3.05, 3.63) is 0 Å². The van der Waals surface area contributed by atoms with Crippen LogP contribution in [0.2, 0.25) is 0 Å². The lowest BCUT2D eigenvalue weighted by molar-refractivity contribution is -0.138. The molecule has 0 amide bonds. The highest BCUT2D eigenvalue weighted by Gasteiger charge is 2.35. The number of rotatable bonds is 2. The number of carbonyl (C=O) groups is 1. The topological polar surface area (TPSA) is 40.5 Å². The molecule has 68 valence electrons. The van der Waals surface area contributed by atoms with Gasteiger partial charge >= 0.3 is 5.97 Å². The number of aliphatic carboxylic acids is 1. The Kier molecular flexibility index (Phi) is 2.05. The summed E-state index contributed by atoms with van der Waals surface area (Å²) in [6, 6.07) is 0.717. The summed E-state index contributed by atoms with van der Waals surface area (Å²) in [6.45, 7) is 2.22. The van der Waals surface area contributed by atoms with E-state index in [1.54, 1.807) is 0 Å². The molecule has 2 unspecified atom stereocenters. The van der Waals surface area contributed by atoms with Gasteiger partial charge in [0.2, 0.25) is 0 Å². The first kappa shape index (κ1) is 8.05. The van der Waals surface area contributed by atoms with Gasteiger partial charge in [-0.1, -0.05) is 0 Å². The van der Waals surface area contributed by atoms with Gasteiger partial charge in [-0.25, -0.2) is 0 Å². The summed E-state index contributed by atoms with van der Waals surface area (Å²) >= 11 is 0. The van der Waals surface area contributed by atoms with Crippen molar-refractivity contribution in [2.75, 3.05) is 13.1 Å². The van der Waals surface area contributed by atoms with Crippen LogP contribution >= 0.6 is 0 Å². The van der Waals surface area contributed by atoms with Crippen LogP contribution in [-0.2, 0) is 4.79 Å². The molecular formula is C9H15NO2. The Morgan fingerprint density at radius 3 is 3.08 bits per heavy atom. The lowest BCUT2D eigenvalue weighted by atomic mass is 10.0. The molecule has 0 radical (unpaired) electrons. The van der Waals surface area contributed by atoms with Crippen molar-refractivity contribution in [3.63, 3.8) is 0 Å². The van der Waals surface area contributed by atoms with E-state index in [0.29, 0.717) is 18.4 Å². The Bertz CT molecular complexity index is 181. The average Bonchev–Trinajstić information content (AvgIpc) is 2.43. The summed E-state index contributed by atoms with van der Waals surface area (Å²) < 4.78 is 0. The van der Waals surface area contributed by atoms with E-state index in [0.717, 1.165) is 13.0 Å². The van der Waals surface area contributed by atoms with Gasteiger partial charge in [-0.15, -0.1) is 0 Å². The quantitative estimate of drug-likeness (QED) is 0.669. The maximum absolute atomic E-state index is 10.5. The van der Waals surface area contributed by atoms with E-state index in [4.69, 9.17) is 5.11 Å². The van der Waals surface area contributed by atoms with E-state index >= 15 is 0 Å². The van der Waals surface area contributed by atoms with Crippen LogP contribution in [-0.4, -0.2) is 35.1 Å². The van der Waals surface area contributed by atoms with Crippen molar-refractivity contribution in [1.82, 2.24) is 4.90 Å². The van der Waals surface area contributed by atoms with Crippen molar-refractivity contribution in [3.8, 4) is 0 Å². The fourth-order valence-corrected chi connectivity index (χ4v) is 2.59. The zero-order valence-corrected chi connectivity index (χ0v) is 7.20. The summed E-state index contributed by atoms with van der Waals surface area (Å²) in [5.74, 6) is -0.214. The van der Waals surface area contributed by atoms with Gasteiger partial charge in [-0.2, -0.15) is 0 Å². The molecule has 1 N–H and O–H groups in total. The lowest BCUT2D eigenvalue weighted by Gasteiger charge is -2.12. The van der Waals surface area contributed by atoms with E-state index in [1.165, 1.54) is 19.4 Å². The van der Waals surface area contributed by atoms with Crippen LogP contribution in [0.15, 0.2) is 0 Å². The van der Waals surface area contributed by atoms with E-state index in [1.807, 2.05) is 0 Å². The van der Waals surface area contributed by atoms with Gasteiger partial charge in [0.15, 0.2) is 0 Å². The van der Waals surface area contributed by atoms with Crippen molar-refractivity contribution in [2.45, 2.75) is 31.7 Å². The summed E-state index contributed by atoms with van der Waals surface area (Å²) in [6.07, 6.45) is 4.08. The minimum atomic E-state index is -0.638. The standard InChI is InChI=1S/C9H15NO2/c11-9(12)5-7-4-8-2-1-3-10(8)6-7/h7-8H,1-6H2,(H,11,12). The molecule has 3 nitrogen and oxygen atoms in total. The van der Waals surface area contributed by atoms with Crippen LogP contribution in [0.1, 0.15) is 25.7 Å². The molecule has 2 heterocycles. The number of carboxylic acid groups (broad SMARTS) is 1. The molecule has 2 rings (SSSR count). The predicted octanol–water partition coefficient (Wildman–Crippen LogP) is 0.945. The van der Waals surface area contributed by atoms with E-state index in [9.17, 15) is 4.79 Å². The largest absolute Gasteiger partial charge is 0.481 e. The monoisotopic (exact) mass is 169 g/mol. The van der Waals surface area contributed by atoms with Crippen molar-refractivity contribution in [1.29, 1.82) is 0 Å². The van der Waals surface area contributed by atoms with Gasteiger partial charge in [0.05, 0.1) is 0 Å². The van der Waals surface area contributed by atoms with Crippen LogP contribution in [0, 0.1) is 5.92 Å². The van der Waals surface area contributed by atoms with Crippen LogP contribution in [0.4, 0.5) is 0 Å². The molecule has 2 fully saturated rings. The van der Waals surface area contributed by atoms with Crippen LogP contribution in [0.5, 0.6) is 0 Å². The van der Waals surface area contributed by atoms with Gasteiger partial charge in [0.25, 0.3) is 0 Å². The smallest absolute Gasteiger partial charge is 0.303 e. The molecule has 2 saturated heterocycles. The minimum absolute atomic E-state index is 0.368. The van der Waals surface area contributed by atoms with Crippen molar-refractivity contribution < 1.29 is 9.90 Å². The van der Waals surface area contributed by atoms with Crippen LogP contribution < -0.4 is 0 Å². The first-order valence-corrected chi connectivity index (χ1v) is 4.71. The Morgan fingerprint density at radius 2 is 2.42 bits per heavy atom. The third-order valence-corrected chi connectivity index (χ3v) is 3.06. The normalized spacial score (nSPS) is 35.3. The third kappa shape index (κ3) is 1.46. The number of carboxylic acids is 1. The molecule has 0 aliphatic carbocycles. The zero-order valence-electron chi connectivity index (χ0n) is 7.20. The first-order chi connectivity index (χ1) is 5.75. The maximum atomic E-state index is 10.5. The van der Waals surface area contributed by atoms with Gasteiger partial charge in [0.1, 0.15) is 0 Å². The Morgan fingerprint density at radius 1 is 1.58 bits per heavy atom. The van der Waals surface area contributed by atoms with Crippen LogP contribution in [0.25, 0.3) is 0 Å². The second-order valence-electron chi connectivity index (χ2n) is 3.99. The summed E-state index contributed by atoms with van der Waals surface area (Å²) in [7, 11) is 0. The molecule has 2 aliphatic heterocycles. The van der Waals surface area contributed by atoms with Crippen molar-refractivity contribution in [2.24, 2.45) is 5.92 Å². The van der Waals surface area contributed by atoms with Gasteiger partial charge in [-0.05, 0) is 31.7 Å². The Labute approximate surface area is 72.4 Å². The molecule has 0 bridgehead atoms. The number of nitrogens with zero attached hydrogens (tertiary/aromatic N) is 1. The first-order valence-electron chi connectivity index (χ1n) is 4.71. The fraction of sp³-hybridized carbons (Fsp3) is 0.889. The highest BCUT2D eigenvalue weighted by molar-refractivity contribution is 5.67. The molecule has 0 saturated carbocycles. The molecule has 0 aromatic heterocycles. The molecular weight excluding hydrogens is 154 g/mol. The maximum Gasteiger partial charge on any atom is 0.303 e. The predicted molar refractivity (Wildman–Crippen MR) is 45.0 cm³/mol. The Balaban J connectivity index is 1.86. The lowest BCUT2D eigenvalue weighted by Crippen LogP contribution is -2.22. The summed E-state index contributed by atoms with van der Waals surface area (Å²) in [5.41, 5.74) is 0. The minimum Gasteiger partial charge on any atom is -0.481 e. The van der Waals surface area contributed by atoms with Gasteiger partial charge in [-0.3, -0.25) is 4.79 Å². The second kappa shape index (κ2) is 3.05. The number of fused-ring (bicyclic) bond motifs is 1. The highest BCUT2D eigenvalue weighted by Crippen LogP contribution is 2.32. The van der Waals surface area contributed by atoms with Crippen molar-refractivity contribution >= 4 is 5.97 Å². The SMILES string of the molecule is O=C(O)CC1CC2CCCN2C1. The van der Waals surface area contributed by atoms with Gasteiger partial charge < -0.3 is 10.0 Å². The molecule has 12 heavy (non-hydrogen) atoms. The highest BCUT2D eigenvalue weighted by atomic mass is 16.4. The number of hydrogen-bond donors (Lipinski definition) is 1. The molecule has 0 spiro atoms. The average molecular weight is 169 g/mol.